The molecule has 1 unspecified atom stereocenters. The van der Waals surface area contributed by atoms with Crippen LogP contribution >= 0.6 is 0 Å². The van der Waals surface area contributed by atoms with Gasteiger partial charge in [-0.15, -0.1) is 10.2 Å². The van der Waals surface area contributed by atoms with E-state index < -0.39 is 0 Å². The zero-order valence-corrected chi connectivity index (χ0v) is 10.0. The van der Waals surface area contributed by atoms with Gasteiger partial charge in [0, 0.05) is 25.0 Å². The normalized spacial score (nSPS) is 12.8. The topological polar surface area (TPSA) is 81.1 Å². The van der Waals surface area contributed by atoms with E-state index in [1.165, 1.54) is 6.42 Å². The van der Waals surface area contributed by atoms with Crippen LogP contribution in [-0.2, 0) is 0 Å². The van der Waals surface area contributed by atoms with Crippen LogP contribution in [0.15, 0.2) is 18.7 Å². The summed E-state index contributed by atoms with van der Waals surface area (Å²) in [5.41, 5.74) is 6.49. The third kappa shape index (κ3) is 2.71. The highest BCUT2D eigenvalue weighted by Gasteiger charge is 2.10. The van der Waals surface area contributed by atoms with Crippen LogP contribution < -0.4 is 11.1 Å². The Bertz CT molecular complexity index is 466. The lowest BCUT2D eigenvalue weighted by atomic mass is 10.1. The first-order chi connectivity index (χ1) is 8.35. The second-order valence-corrected chi connectivity index (χ2v) is 4.06. The summed E-state index contributed by atoms with van der Waals surface area (Å²) in [5.74, 6) is 0.747. The molecule has 0 bridgehead atoms. The Morgan fingerprint density at radius 3 is 3.18 bits per heavy atom. The Morgan fingerprint density at radius 1 is 1.53 bits per heavy atom. The zero-order valence-electron chi connectivity index (χ0n) is 10.0. The van der Waals surface area contributed by atoms with Crippen molar-refractivity contribution in [2.45, 2.75) is 32.2 Å². The van der Waals surface area contributed by atoms with Gasteiger partial charge in [0.15, 0.2) is 5.82 Å². The summed E-state index contributed by atoms with van der Waals surface area (Å²) >= 11 is 0. The quantitative estimate of drug-likeness (QED) is 0.781. The molecule has 3 N–H and O–H groups in total. The van der Waals surface area contributed by atoms with Crippen LogP contribution in [0.1, 0.15) is 26.2 Å². The summed E-state index contributed by atoms with van der Waals surface area (Å²) in [6.07, 6.45) is 8.58. The van der Waals surface area contributed by atoms with E-state index in [4.69, 9.17) is 5.73 Å². The number of hydrogen-bond acceptors (Lipinski definition) is 5. The molecule has 0 saturated heterocycles. The summed E-state index contributed by atoms with van der Waals surface area (Å²) in [6, 6.07) is 0.241. The van der Waals surface area contributed by atoms with E-state index in [1.54, 1.807) is 12.5 Å². The van der Waals surface area contributed by atoms with E-state index in [0.29, 0.717) is 6.54 Å². The average molecular weight is 234 g/mol. The third-order valence-electron chi connectivity index (χ3n) is 2.75. The summed E-state index contributed by atoms with van der Waals surface area (Å²) in [7, 11) is 0. The fourth-order valence-electron chi connectivity index (χ4n) is 1.75. The molecule has 0 aliphatic carbocycles. The Labute approximate surface area is 100 Å². The first kappa shape index (κ1) is 11.8. The minimum Gasteiger partial charge on any atom is -0.363 e. The SMILES string of the molecule is CCCCC(CN)Nc1nccn2cnnc12. The fourth-order valence-corrected chi connectivity index (χ4v) is 1.75. The molecule has 0 aromatic carbocycles. The lowest BCUT2D eigenvalue weighted by Crippen LogP contribution is -2.29. The molecule has 2 heterocycles. The second kappa shape index (κ2) is 5.58. The Kier molecular flexibility index (Phi) is 3.87. The van der Waals surface area contributed by atoms with Gasteiger partial charge in [0.05, 0.1) is 0 Å². The predicted molar refractivity (Wildman–Crippen MR) is 66.8 cm³/mol. The van der Waals surface area contributed by atoms with Crippen molar-refractivity contribution in [1.82, 2.24) is 19.6 Å². The number of nitrogens with one attached hydrogen (secondary N) is 1. The van der Waals surface area contributed by atoms with Crippen molar-refractivity contribution in [3.63, 3.8) is 0 Å². The van der Waals surface area contributed by atoms with Gasteiger partial charge in [0.1, 0.15) is 6.33 Å². The molecule has 2 aromatic heterocycles. The van der Waals surface area contributed by atoms with Gasteiger partial charge in [-0.2, -0.15) is 0 Å². The fraction of sp³-hybridized carbons (Fsp3) is 0.545. The molecule has 0 radical (unpaired) electrons. The van der Waals surface area contributed by atoms with Crippen LogP contribution in [0.2, 0.25) is 0 Å². The van der Waals surface area contributed by atoms with E-state index in [1.807, 2.05) is 10.6 Å². The average Bonchev–Trinajstić information content (AvgIpc) is 2.83. The molecule has 1 atom stereocenters. The van der Waals surface area contributed by atoms with Crippen LogP contribution in [-0.4, -0.2) is 32.2 Å². The van der Waals surface area contributed by atoms with Crippen LogP contribution in [0.3, 0.4) is 0 Å². The standard InChI is InChI=1S/C11H18N6/c1-2-3-4-9(7-12)15-10-11-16-14-8-17(11)6-5-13-10/h5-6,8-9H,2-4,7,12H2,1H3,(H,13,15). The van der Waals surface area contributed by atoms with Gasteiger partial charge in [-0.3, -0.25) is 4.40 Å². The van der Waals surface area contributed by atoms with Gasteiger partial charge in [-0.1, -0.05) is 19.8 Å². The van der Waals surface area contributed by atoms with Crippen molar-refractivity contribution < 1.29 is 0 Å². The molecule has 2 rings (SSSR count). The Morgan fingerprint density at radius 2 is 2.41 bits per heavy atom. The van der Waals surface area contributed by atoms with Crippen molar-refractivity contribution in [2.24, 2.45) is 5.73 Å². The monoisotopic (exact) mass is 234 g/mol. The molecule has 2 aromatic rings. The highest BCUT2D eigenvalue weighted by molar-refractivity contribution is 5.61. The van der Waals surface area contributed by atoms with E-state index in [0.717, 1.165) is 24.3 Å². The van der Waals surface area contributed by atoms with Gasteiger partial charge in [0.25, 0.3) is 0 Å². The molecule has 0 spiro atoms. The molecule has 0 saturated carbocycles. The maximum atomic E-state index is 5.75. The van der Waals surface area contributed by atoms with Gasteiger partial charge in [-0.25, -0.2) is 4.98 Å². The minimum atomic E-state index is 0.241. The van der Waals surface area contributed by atoms with Crippen LogP contribution in [0.25, 0.3) is 5.65 Å². The van der Waals surface area contributed by atoms with Gasteiger partial charge in [0.2, 0.25) is 5.65 Å². The first-order valence-electron chi connectivity index (χ1n) is 5.96. The highest BCUT2D eigenvalue weighted by Crippen LogP contribution is 2.13. The molecule has 6 nitrogen and oxygen atoms in total. The molecule has 0 aliphatic heterocycles. The molecular formula is C11H18N6. The summed E-state index contributed by atoms with van der Waals surface area (Å²) in [5, 5.41) is 11.2. The molecule has 0 aliphatic rings. The molecule has 0 amide bonds. The van der Waals surface area contributed by atoms with E-state index in [-0.39, 0.29) is 6.04 Å². The smallest absolute Gasteiger partial charge is 0.203 e. The largest absolute Gasteiger partial charge is 0.363 e. The van der Waals surface area contributed by atoms with Crippen LogP contribution in [0, 0.1) is 0 Å². The van der Waals surface area contributed by atoms with Crippen molar-refractivity contribution in [3.05, 3.63) is 18.7 Å². The summed E-state index contributed by atoms with van der Waals surface area (Å²) < 4.78 is 1.84. The number of hydrogen-bond donors (Lipinski definition) is 2. The molecule has 17 heavy (non-hydrogen) atoms. The molecule has 0 fully saturated rings. The lowest BCUT2D eigenvalue weighted by Gasteiger charge is -2.16. The van der Waals surface area contributed by atoms with Crippen LogP contribution in [0.4, 0.5) is 5.82 Å². The maximum absolute atomic E-state index is 5.75. The second-order valence-electron chi connectivity index (χ2n) is 4.06. The first-order valence-corrected chi connectivity index (χ1v) is 5.96. The van der Waals surface area contributed by atoms with Crippen molar-refractivity contribution >= 4 is 11.5 Å². The number of fused-ring (bicyclic) bond motifs is 1. The Hall–Kier alpha value is -1.69. The van der Waals surface area contributed by atoms with Gasteiger partial charge >= 0.3 is 0 Å². The zero-order chi connectivity index (χ0) is 12.1. The van der Waals surface area contributed by atoms with E-state index >= 15 is 0 Å². The number of nitrogens with zero attached hydrogens (tertiary/aromatic N) is 4. The van der Waals surface area contributed by atoms with E-state index in [9.17, 15) is 0 Å². The summed E-state index contributed by atoms with van der Waals surface area (Å²) in [6.45, 7) is 2.77. The maximum Gasteiger partial charge on any atom is 0.203 e. The number of nitrogens with two attached hydrogens (primary N) is 1. The van der Waals surface area contributed by atoms with Crippen LogP contribution in [0.5, 0.6) is 0 Å². The lowest BCUT2D eigenvalue weighted by molar-refractivity contribution is 0.612. The number of rotatable bonds is 6. The number of aromatic nitrogens is 4. The van der Waals surface area contributed by atoms with E-state index in [2.05, 4.69) is 27.4 Å². The Balaban J connectivity index is 2.13. The van der Waals surface area contributed by atoms with Crippen molar-refractivity contribution in [3.8, 4) is 0 Å². The van der Waals surface area contributed by atoms with Crippen molar-refractivity contribution in [2.75, 3.05) is 11.9 Å². The molecule has 92 valence electrons. The minimum absolute atomic E-state index is 0.241. The third-order valence-corrected chi connectivity index (χ3v) is 2.75. The van der Waals surface area contributed by atoms with Crippen molar-refractivity contribution in [1.29, 1.82) is 0 Å². The number of unbranched alkanes of at least 4 members (excludes halogenated alkanes) is 1. The van der Waals surface area contributed by atoms with Gasteiger partial charge < -0.3 is 11.1 Å². The summed E-state index contributed by atoms with van der Waals surface area (Å²) in [4.78, 5) is 4.28. The molecular weight excluding hydrogens is 216 g/mol. The predicted octanol–water partition coefficient (Wildman–Crippen LogP) is 1.05. The molecule has 6 heteroatoms. The van der Waals surface area contributed by atoms with Gasteiger partial charge in [-0.05, 0) is 6.42 Å². The highest BCUT2D eigenvalue weighted by atomic mass is 15.2. The number of anilines is 1.